The Labute approximate surface area is 99.0 Å². The highest BCUT2D eigenvalue weighted by Crippen LogP contribution is 2.68. The second-order valence-electron chi connectivity index (χ2n) is 7.56. The van der Waals surface area contributed by atoms with Crippen LogP contribution in [0.4, 0.5) is 0 Å². The largest absolute Gasteiger partial charge is 0.303 e. The van der Waals surface area contributed by atoms with Crippen LogP contribution in [0, 0.1) is 34.5 Å². The van der Waals surface area contributed by atoms with Crippen LogP contribution in [0.1, 0.15) is 52.9 Å². The molecule has 0 radical (unpaired) electrons. The van der Waals surface area contributed by atoms with E-state index < -0.39 is 0 Å². The summed E-state index contributed by atoms with van der Waals surface area (Å²) in [4.78, 5) is 11.3. The van der Waals surface area contributed by atoms with Crippen molar-refractivity contribution in [1.29, 1.82) is 0 Å². The number of hydrogen-bond donors (Lipinski definition) is 0. The molecule has 5 atom stereocenters. The summed E-state index contributed by atoms with van der Waals surface area (Å²) < 4.78 is 0. The lowest BCUT2D eigenvalue weighted by Crippen LogP contribution is -2.33. The maximum absolute atomic E-state index is 11.3. The van der Waals surface area contributed by atoms with Gasteiger partial charge in [0.25, 0.3) is 0 Å². The van der Waals surface area contributed by atoms with Crippen molar-refractivity contribution in [2.45, 2.75) is 52.9 Å². The van der Waals surface area contributed by atoms with Crippen molar-refractivity contribution in [1.82, 2.24) is 0 Å². The molecule has 0 bridgehead atoms. The molecule has 1 heteroatoms. The molecular formula is C15H24O. The molecule has 0 heterocycles. The summed E-state index contributed by atoms with van der Waals surface area (Å²) in [6.45, 7) is 7.25. The Morgan fingerprint density at radius 3 is 2.56 bits per heavy atom. The number of aldehydes is 1. The average Bonchev–Trinajstić information content (AvgIpc) is 2.73. The highest BCUT2D eigenvalue weighted by atomic mass is 16.1. The van der Waals surface area contributed by atoms with Crippen LogP contribution in [0.3, 0.4) is 0 Å². The summed E-state index contributed by atoms with van der Waals surface area (Å²) in [5.74, 6) is 2.98. The normalized spacial score (nSPS) is 53.7. The van der Waals surface area contributed by atoms with E-state index >= 15 is 0 Å². The Bertz CT molecular complexity index is 319. The van der Waals surface area contributed by atoms with Crippen molar-refractivity contribution >= 4 is 6.29 Å². The van der Waals surface area contributed by atoms with E-state index in [1.165, 1.54) is 32.0 Å². The molecular weight excluding hydrogens is 196 g/mol. The zero-order chi connectivity index (χ0) is 11.6. The maximum Gasteiger partial charge on any atom is 0.123 e. The third-order valence-corrected chi connectivity index (χ3v) is 6.21. The standard InChI is InChI=1S/C15H24O/c1-14(2)7-10-6-11-4-5-12(9-16)15(11,3)13(10)8-14/h9-13H,4-8H2,1-3H3/t10-,11+,12?,13+,15-/m0/s1. The third kappa shape index (κ3) is 1.21. The van der Waals surface area contributed by atoms with E-state index in [2.05, 4.69) is 20.8 Å². The molecule has 0 saturated heterocycles. The van der Waals surface area contributed by atoms with Gasteiger partial charge in [-0.2, -0.15) is 0 Å². The van der Waals surface area contributed by atoms with Gasteiger partial charge in [0.2, 0.25) is 0 Å². The first kappa shape index (κ1) is 10.8. The molecule has 0 aromatic rings. The summed E-state index contributed by atoms with van der Waals surface area (Å²) in [7, 11) is 0. The zero-order valence-electron chi connectivity index (χ0n) is 10.8. The summed E-state index contributed by atoms with van der Waals surface area (Å²) >= 11 is 0. The van der Waals surface area contributed by atoms with Crippen LogP contribution in [-0.4, -0.2) is 6.29 Å². The lowest BCUT2D eigenvalue weighted by Gasteiger charge is -2.36. The molecule has 3 rings (SSSR count). The van der Waals surface area contributed by atoms with Crippen molar-refractivity contribution in [3.63, 3.8) is 0 Å². The van der Waals surface area contributed by atoms with E-state index in [-0.39, 0.29) is 0 Å². The fourth-order valence-electron chi connectivity index (χ4n) is 5.51. The fourth-order valence-corrected chi connectivity index (χ4v) is 5.51. The van der Waals surface area contributed by atoms with Crippen molar-refractivity contribution in [3.05, 3.63) is 0 Å². The van der Waals surface area contributed by atoms with E-state index in [0.717, 1.165) is 24.2 Å². The fraction of sp³-hybridized carbons (Fsp3) is 0.933. The van der Waals surface area contributed by atoms with E-state index in [0.29, 0.717) is 16.7 Å². The molecule has 0 spiro atoms. The molecule has 3 aliphatic rings. The first-order chi connectivity index (χ1) is 7.47. The number of rotatable bonds is 1. The van der Waals surface area contributed by atoms with Crippen molar-refractivity contribution in [3.8, 4) is 0 Å². The monoisotopic (exact) mass is 220 g/mol. The highest BCUT2D eigenvalue weighted by Gasteiger charge is 2.61. The Balaban J connectivity index is 1.93. The summed E-state index contributed by atoms with van der Waals surface area (Å²) in [6.07, 6.45) is 7.91. The Hall–Kier alpha value is -0.330. The number of fused-ring (bicyclic) bond motifs is 3. The quantitative estimate of drug-likeness (QED) is 0.616. The van der Waals surface area contributed by atoms with Gasteiger partial charge in [0.1, 0.15) is 6.29 Å². The molecule has 0 N–H and O–H groups in total. The minimum atomic E-state index is 0.361. The summed E-state index contributed by atoms with van der Waals surface area (Å²) in [6, 6.07) is 0. The van der Waals surface area contributed by atoms with Crippen LogP contribution in [0.25, 0.3) is 0 Å². The first-order valence-corrected chi connectivity index (χ1v) is 6.92. The molecule has 3 fully saturated rings. The van der Waals surface area contributed by atoms with E-state index in [1.807, 2.05) is 0 Å². The SMILES string of the molecule is CC1(C)C[C@@H]2C[C@H]3CCC(C=O)[C@@]3(C)[C@@H]2C1. The molecule has 1 nitrogen and oxygen atoms in total. The van der Waals surface area contributed by atoms with Gasteiger partial charge in [0.05, 0.1) is 0 Å². The van der Waals surface area contributed by atoms with E-state index in [4.69, 9.17) is 0 Å². The predicted octanol–water partition coefficient (Wildman–Crippen LogP) is 3.67. The van der Waals surface area contributed by atoms with Crippen LogP contribution < -0.4 is 0 Å². The van der Waals surface area contributed by atoms with Crippen LogP contribution in [0.5, 0.6) is 0 Å². The third-order valence-electron chi connectivity index (χ3n) is 6.21. The average molecular weight is 220 g/mol. The molecule has 0 amide bonds. The molecule has 3 aliphatic carbocycles. The summed E-state index contributed by atoms with van der Waals surface area (Å²) in [5, 5.41) is 0. The van der Waals surface area contributed by atoms with Gasteiger partial charge in [-0.05, 0) is 60.7 Å². The van der Waals surface area contributed by atoms with E-state index in [1.54, 1.807) is 0 Å². The molecule has 0 aliphatic heterocycles. The number of carbonyl (C=O) groups excluding carboxylic acids is 1. The Morgan fingerprint density at radius 2 is 1.88 bits per heavy atom. The molecule has 0 aromatic heterocycles. The van der Waals surface area contributed by atoms with Crippen LogP contribution in [-0.2, 0) is 4.79 Å². The van der Waals surface area contributed by atoms with Crippen molar-refractivity contribution in [2.75, 3.05) is 0 Å². The van der Waals surface area contributed by atoms with Gasteiger partial charge in [-0.25, -0.2) is 0 Å². The first-order valence-electron chi connectivity index (χ1n) is 6.92. The minimum Gasteiger partial charge on any atom is -0.303 e. The summed E-state index contributed by atoms with van der Waals surface area (Å²) in [5.41, 5.74) is 0.888. The predicted molar refractivity (Wildman–Crippen MR) is 65.0 cm³/mol. The van der Waals surface area contributed by atoms with Crippen molar-refractivity contribution < 1.29 is 4.79 Å². The molecule has 16 heavy (non-hydrogen) atoms. The minimum absolute atomic E-state index is 0.361. The maximum atomic E-state index is 11.3. The topological polar surface area (TPSA) is 17.1 Å². The van der Waals surface area contributed by atoms with Gasteiger partial charge in [-0.3, -0.25) is 0 Å². The second-order valence-corrected chi connectivity index (χ2v) is 7.56. The number of carbonyl (C=O) groups is 1. The van der Waals surface area contributed by atoms with Crippen LogP contribution >= 0.6 is 0 Å². The van der Waals surface area contributed by atoms with Gasteiger partial charge in [-0.1, -0.05) is 20.8 Å². The zero-order valence-corrected chi connectivity index (χ0v) is 10.8. The van der Waals surface area contributed by atoms with Gasteiger partial charge >= 0.3 is 0 Å². The van der Waals surface area contributed by atoms with Gasteiger partial charge in [-0.15, -0.1) is 0 Å². The van der Waals surface area contributed by atoms with Gasteiger partial charge in [0, 0.05) is 5.92 Å². The lowest BCUT2D eigenvalue weighted by molar-refractivity contribution is -0.115. The second kappa shape index (κ2) is 3.11. The Kier molecular flexibility index (Phi) is 2.10. The highest BCUT2D eigenvalue weighted by molar-refractivity contribution is 5.56. The molecule has 1 unspecified atom stereocenters. The van der Waals surface area contributed by atoms with E-state index in [9.17, 15) is 4.79 Å². The van der Waals surface area contributed by atoms with Gasteiger partial charge < -0.3 is 4.79 Å². The van der Waals surface area contributed by atoms with Crippen LogP contribution in [0.15, 0.2) is 0 Å². The van der Waals surface area contributed by atoms with Crippen molar-refractivity contribution in [2.24, 2.45) is 34.5 Å². The Morgan fingerprint density at radius 1 is 1.12 bits per heavy atom. The number of hydrogen-bond acceptors (Lipinski definition) is 1. The molecule has 0 aromatic carbocycles. The van der Waals surface area contributed by atoms with Crippen LogP contribution in [0.2, 0.25) is 0 Å². The van der Waals surface area contributed by atoms with Gasteiger partial charge in [0.15, 0.2) is 0 Å². The lowest BCUT2D eigenvalue weighted by atomic mass is 9.68. The molecule has 3 saturated carbocycles. The molecule has 90 valence electrons. The smallest absolute Gasteiger partial charge is 0.123 e.